The largest absolute Gasteiger partial charge is 0.325 e. The number of nitrogens with two attached hydrogens (primary N) is 1. The standard InChI is InChI=1S/C11H14N4/c1-8-6-9(2)15(14-8)11-4-3-5-13-10(11)7-12/h3-6H,7,12H2,1-2H3. The molecule has 0 aliphatic carbocycles. The minimum Gasteiger partial charge on any atom is -0.325 e. The third kappa shape index (κ3) is 1.76. The number of hydrogen-bond acceptors (Lipinski definition) is 3. The Hall–Kier alpha value is -1.68. The van der Waals surface area contributed by atoms with Gasteiger partial charge in [0, 0.05) is 18.4 Å². The van der Waals surface area contributed by atoms with Crippen molar-refractivity contribution >= 4 is 0 Å². The van der Waals surface area contributed by atoms with Gasteiger partial charge in [0.1, 0.15) is 0 Å². The maximum atomic E-state index is 5.64. The summed E-state index contributed by atoms with van der Waals surface area (Å²) in [4.78, 5) is 4.24. The second kappa shape index (κ2) is 3.82. The first-order valence-corrected chi connectivity index (χ1v) is 4.90. The number of aryl methyl sites for hydroxylation is 2. The zero-order chi connectivity index (χ0) is 10.8. The van der Waals surface area contributed by atoms with Crippen LogP contribution in [-0.2, 0) is 6.54 Å². The highest BCUT2D eigenvalue weighted by molar-refractivity contribution is 5.37. The lowest BCUT2D eigenvalue weighted by Crippen LogP contribution is -2.08. The maximum absolute atomic E-state index is 5.64. The number of pyridine rings is 1. The van der Waals surface area contributed by atoms with Crippen molar-refractivity contribution in [3.63, 3.8) is 0 Å². The lowest BCUT2D eigenvalue weighted by atomic mass is 10.3. The van der Waals surface area contributed by atoms with Crippen LogP contribution in [-0.4, -0.2) is 14.8 Å². The van der Waals surface area contributed by atoms with Crippen LogP contribution in [0.1, 0.15) is 17.1 Å². The van der Waals surface area contributed by atoms with Crippen LogP contribution in [0.15, 0.2) is 24.4 Å². The van der Waals surface area contributed by atoms with E-state index in [0.29, 0.717) is 6.54 Å². The van der Waals surface area contributed by atoms with Gasteiger partial charge >= 0.3 is 0 Å². The van der Waals surface area contributed by atoms with Gasteiger partial charge in [-0.3, -0.25) is 4.98 Å². The van der Waals surface area contributed by atoms with Gasteiger partial charge in [-0.05, 0) is 32.0 Å². The molecule has 0 bridgehead atoms. The maximum Gasteiger partial charge on any atom is 0.0877 e. The molecule has 0 amide bonds. The zero-order valence-corrected chi connectivity index (χ0v) is 8.94. The first kappa shape index (κ1) is 9.86. The fourth-order valence-electron chi connectivity index (χ4n) is 1.65. The van der Waals surface area contributed by atoms with Gasteiger partial charge in [-0.25, -0.2) is 4.68 Å². The molecule has 0 radical (unpaired) electrons. The predicted molar refractivity (Wildman–Crippen MR) is 58.7 cm³/mol. The van der Waals surface area contributed by atoms with E-state index in [2.05, 4.69) is 10.1 Å². The molecule has 4 nitrogen and oxygen atoms in total. The average Bonchev–Trinajstić information content (AvgIpc) is 2.57. The van der Waals surface area contributed by atoms with Crippen LogP contribution in [0.25, 0.3) is 5.69 Å². The van der Waals surface area contributed by atoms with Gasteiger partial charge < -0.3 is 5.73 Å². The Morgan fingerprint density at radius 1 is 1.40 bits per heavy atom. The van der Waals surface area contributed by atoms with E-state index >= 15 is 0 Å². The van der Waals surface area contributed by atoms with Crippen molar-refractivity contribution < 1.29 is 0 Å². The fourth-order valence-corrected chi connectivity index (χ4v) is 1.65. The molecule has 0 fully saturated rings. The van der Waals surface area contributed by atoms with Gasteiger partial charge in [-0.15, -0.1) is 0 Å². The second-order valence-corrected chi connectivity index (χ2v) is 3.51. The molecular formula is C11H14N4. The molecule has 0 aromatic carbocycles. The Morgan fingerprint density at radius 2 is 2.20 bits per heavy atom. The lowest BCUT2D eigenvalue weighted by Gasteiger charge is -2.07. The molecule has 0 aliphatic rings. The molecule has 2 N–H and O–H groups in total. The average molecular weight is 202 g/mol. The fraction of sp³-hybridized carbons (Fsp3) is 0.273. The first-order valence-electron chi connectivity index (χ1n) is 4.90. The normalized spacial score (nSPS) is 10.6. The van der Waals surface area contributed by atoms with E-state index in [-0.39, 0.29) is 0 Å². The molecule has 0 atom stereocenters. The highest BCUT2D eigenvalue weighted by Gasteiger charge is 2.07. The van der Waals surface area contributed by atoms with Crippen molar-refractivity contribution in [3.8, 4) is 5.69 Å². The molecule has 2 aromatic rings. The molecule has 0 saturated heterocycles. The van der Waals surface area contributed by atoms with Crippen LogP contribution in [0, 0.1) is 13.8 Å². The van der Waals surface area contributed by atoms with Crippen molar-refractivity contribution in [1.29, 1.82) is 0 Å². The van der Waals surface area contributed by atoms with Gasteiger partial charge in [-0.1, -0.05) is 0 Å². The summed E-state index contributed by atoms with van der Waals surface area (Å²) in [6.07, 6.45) is 1.75. The SMILES string of the molecule is Cc1cc(C)n(-c2cccnc2CN)n1. The quantitative estimate of drug-likeness (QED) is 0.799. The molecule has 0 aliphatic heterocycles. The molecule has 0 saturated carbocycles. The number of aromatic nitrogens is 3. The molecule has 2 heterocycles. The Kier molecular flexibility index (Phi) is 2.51. The second-order valence-electron chi connectivity index (χ2n) is 3.51. The van der Waals surface area contributed by atoms with Gasteiger partial charge in [0.25, 0.3) is 0 Å². The van der Waals surface area contributed by atoms with E-state index in [0.717, 1.165) is 22.8 Å². The Balaban J connectivity index is 2.58. The molecule has 2 aromatic heterocycles. The zero-order valence-electron chi connectivity index (χ0n) is 8.94. The van der Waals surface area contributed by atoms with Crippen molar-refractivity contribution in [2.45, 2.75) is 20.4 Å². The summed E-state index contributed by atoms with van der Waals surface area (Å²) >= 11 is 0. The van der Waals surface area contributed by atoms with Crippen LogP contribution in [0.4, 0.5) is 0 Å². The van der Waals surface area contributed by atoms with Crippen molar-refractivity contribution in [2.24, 2.45) is 5.73 Å². The molecule has 2 rings (SSSR count). The Morgan fingerprint density at radius 3 is 2.80 bits per heavy atom. The summed E-state index contributed by atoms with van der Waals surface area (Å²) in [6, 6.07) is 5.91. The summed E-state index contributed by atoms with van der Waals surface area (Å²) in [6.45, 7) is 4.42. The minimum atomic E-state index is 0.425. The molecule has 78 valence electrons. The predicted octanol–water partition coefficient (Wildman–Crippen LogP) is 1.34. The van der Waals surface area contributed by atoms with E-state index in [9.17, 15) is 0 Å². The summed E-state index contributed by atoms with van der Waals surface area (Å²) < 4.78 is 1.88. The number of hydrogen-bond donors (Lipinski definition) is 1. The summed E-state index contributed by atoms with van der Waals surface area (Å²) in [5, 5.41) is 4.41. The molecule has 0 unspecified atom stereocenters. The topological polar surface area (TPSA) is 56.7 Å². The van der Waals surface area contributed by atoms with Gasteiger partial charge in [0.15, 0.2) is 0 Å². The summed E-state index contributed by atoms with van der Waals surface area (Å²) in [5.74, 6) is 0. The monoisotopic (exact) mass is 202 g/mol. The van der Waals surface area contributed by atoms with E-state index in [1.807, 2.05) is 36.7 Å². The molecular weight excluding hydrogens is 188 g/mol. The van der Waals surface area contributed by atoms with E-state index in [4.69, 9.17) is 5.73 Å². The van der Waals surface area contributed by atoms with Crippen molar-refractivity contribution in [2.75, 3.05) is 0 Å². The van der Waals surface area contributed by atoms with E-state index < -0.39 is 0 Å². The van der Waals surface area contributed by atoms with Crippen molar-refractivity contribution in [3.05, 3.63) is 41.5 Å². The first-order chi connectivity index (χ1) is 7.22. The Bertz CT molecular complexity index is 473. The summed E-state index contributed by atoms with van der Waals surface area (Å²) in [7, 11) is 0. The summed E-state index contributed by atoms with van der Waals surface area (Å²) in [5.41, 5.74) is 9.56. The third-order valence-corrected chi connectivity index (χ3v) is 2.30. The van der Waals surface area contributed by atoms with Crippen LogP contribution in [0.2, 0.25) is 0 Å². The van der Waals surface area contributed by atoms with Gasteiger partial charge in [-0.2, -0.15) is 5.10 Å². The number of nitrogens with zero attached hydrogens (tertiary/aromatic N) is 3. The molecule has 0 spiro atoms. The lowest BCUT2D eigenvalue weighted by molar-refractivity contribution is 0.804. The highest BCUT2D eigenvalue weighted by Crippen LogP contribution is 2.14. The van der Waals surface area contributed by atoms with Crippen LogP contribution in [0.5, 0.6) is 0 Å². The third-order valence-electron chi connectivity index (χ3n) is 2.30. The van der Waals surface area contributed by atoms with Crippen molar-refractivity contribution in [1.82, 2.24) is 14.8 Å². The van der Waals surface area contributed by atoms with Crippen LogP contribution >= 0.6 is 0 Å². The number of rotatable bonds is 2. The van der Waals surface area contributed by atoms with E-state index in [1.165, 1.54) is 0 Å². The van der Waals surface area contributed by atoms with E-state index in [1.54, 1.807) is 6.20 Å². The van der Waals surface area contributed by atoms with Gasteiger partial charge in [0.2, 0.25) is 0 Å². The van der Waals surface area contributed by atoms with Gasteiger partial charge in [0.05, 0.1) is 17.1 Å². The Labute approximate surface area is 88.8 Å². The van der Waals surface area contributed by atoms with Crippen LogP contribution in [0.3, 0.4) is 0 Å². The molecule has 15 heavy (non-hydrogen) atoms. The highest BCUT2D eigenvalue weighted by atomic mass is 15.3. The molecule has 4 heteroatoms. The smallest absolute Gasteiger partial charge is 0.0877 e. The minimum absolute atomic E-state index is 0.425. The van der Waals surface area contributed by atoms with Crippen LogP contribution < -0.4 is 5.73 Å².